The molecule has 0 spiro atoms. The highest BCUT2D eigenvalue weighted by molar-refractivity contribution is 5.81. The Bertz CT molecular complexity index is 1070. The molecule has 3 aliphatic rings. The molecule has 0 heterocycles. The molecule has 5 rings (SSSR count). The summed E-state index contributed by atoms with van der Waals surface area (Å²) in [6, 6.07) is 16.1. The zero-order valence-electron chi connectivity index (χ0n) is 19.7. The Morgan fingerprint density at radius 1 is 0.886 bits per heavy atom. The van der Waals surface area contributed by atoms with E-state index in [2.05, 4.69) is 34.9 Å². The summed E-state index contributed by atoms with van der Waals surface area (Å²) in [6.07, 6.45) is 4.45. The highest BCUT2D eigenvalue weighted by atomic mass is 16.5. The molecule has 184 valence electrons. The fourth-order valence-electron chi connectivity index (χ4n) is 5.72. The average Bonchev–Trinajstić information content (AvgIpc) is 3.62. The van der Waals surface area contributed by atoms with Gasteiger partial charge in [-0.2, -0.15) is 0 Å². The highest BCUT2D eigenvalue weighted by Gasteiger charge is 2.43. The predicted octanol–water partition coefficient (Wildman–Crippen LogP) is 4.31. The number of amides is 2. The molecule has 35 heavy (non-hydrogen) atoms. The minimum Gasteiger partial charge on any atom is -0.481 e. The summed E-state index contributed by atoms with van der Waals surface area (Å²) in [7, 11) is 0. The lowest BCUT2D eigenvalue weighted by molar-refractivity contribution is -0.139. The molecule has 7 nitrogen and oxygen atoms in total. The van der Waals surface area contributed by atoms with Gasteiger partial charge in [0.2, 0.25) is 5.91 Å². The van der Waals surface area contributed by atoms with Crippen molar-refractivity contribution in [2.24, 2.45) is 17.8 Å². The van der Waals surface area contributed by atoms with Gasteiger partial charge in [0.05, 0.1) is 11.8 Å². The fourth-order valence-corrected chi connectivity index (χ4v) is 5.72. The molecule has 4 atom stereocenters. The Hall–Kier alpha value is -3.35. The number of carboxylic acids is 1. The lowest BCUT2D eigenvalue weighted by atomic mass is 9.93. The standard InChI is InChI=1S/C28H32N2O5/c31-26(29-15-17-14-23(17)27(32)33)22-12-2-1-3-13-25(22)30-28(34)35-16-24-20-10-6-4-8-18(20)19-9-5-7-11-21(19)24/h4-11,17,22-25H,1-3,12-16H2,(H,29,31)(H,30,34)(H,32,33). The van der Waals surface area contributed by atoms with Crippen molar-refractivity contribution in [1.82, 2.24) is 10.6 Å². The van der Waals surface area contributed by atoms with Crippen LogP contribution in [0.15, 0.2) is 48.5 Å². The summed E-state index contributed by atoms with van der Waals surface area (Å²) in [5.74, 6) is -1.59. The van der Waals surface area contributed by atoms with Gasteiger partial charge in [0.25, 0.3) is 0 Å². The first-order valence-corrected chi connectivity index (χ1v) is 12.6. The van der Waals surface area contributed by atoms with Gasteiger partial charge in [0, 0.05) is 18.5 Å². The molecule has 2 aromatic rings. The van der Waals surface area contributed by atoms with Crippen LogP contribution in [0.5, 0.6) is 0 Å². The van der Waals surface area contributed by atoms with Crippen LogP contribution in [0.4, 0.5) is 4.79 Å². The second kappa shape index (κ2) is 10.1. The van der Waals surface area contributed by atoms with Crippen molar-refractivity contribution in [2.45, 2.75) is 50.5 Å². The van der Waals surface area contributed by atoms with E-state index < -0.39 is 12.1 Å². The molecule has 3 aliphatic carbocycles. The highest BCUT2D eigenvalue weighted by Crippen LogP contribution is 2.44. The molecule has 0 saturated heterocycles. The van der Waals surface area contributed by atoms with E-state index in [4.69, 9.17) is 9.84 Å². The van der Waals surface area contributed by atoms with E-state index in [0.29, 0.717) is 19.4 Å². The fraction of sp³-hybridized carbons (Fsp3) is 0.464. The first-order chi connectivity index (χ1) is 17.0. The molecule has 0 aromatic heterocycles. The number of aliphatic carboxylic acids is 1. The van der Waals surface area contributed by atoms with E-state index in [0.717, 1.165) is 36.8 Å². The molecule has 0 aliphatic heterocycles. The molecule has 2 amide bonds. The minimum absolute atomic E-state index is 0.00997. The lowest BCUT2D eigenvalue weighted by Gasteiger charge is -2.25. The number of hydrogen-bond donors (Lipinski definition) is 3. The van der Waals surface area contributed by atoms with Gasteiger partial charge in [-0.15, -0.1) is 0 Å². The number of alkyl carbamates (subject to hydrolysis) is 1. The van der Waals surface area contributed by atoms with Crippen molar-refractivity contribution in [3.05, 3.63) is 59.7 Å². The van der Waals surface area contributed by atoms with Crippen LogP contribution in [0, 0.1) is 17.8 Å². The van der Waals surface area contributed by atoms with E-state index in [-0.39, 0.29) is 42.2 Å². The normalized spacial score (nSPS) is 25.0. The summed E-state index contributed by atoms with van der Waals surface area (Å²) in [6.45, 7) is 0.617. The van der Waals surface area contributed by atoms with Crippen LogP contribution in [0.2, 0.25) is 0 Å². The smallest absolute Gasteiger partial charge is 0.407 e. The Morgan fingerprint density at radius 3 is 2.20 bits per heavy atom. The van der Waals surface area contributed by atoms with Crippen LogP contribution in [0.1, 0.15) is 55.6 Å². The third-order valence-electron chi connectivity index (χ3n) is 7.78. The van der Waals surface area contributed by atoms with E-state index >= 15 is 0 Å². The van der Waals surface area contributed by atoms with Crippen LogP contribution < -0.4 is 10.6 Å². The van der Waals surface area contributed by atoms with Gasteiger partial charge in [-0.05, 0) is 47.4 Å². The summed E-state index contributed by atoms with van der Waals surface area (Å²) in [4.78, 5) is 36.8. The lowest BCUT2D eigenvalue weighted by Crippen LogP contribution is -2.47. The van der Waals surface area contributed by atoms with Crippen molar-refractivity contribution in [2.75, 3.05) is 13.2 Å². The number of carboxylic acid groups (broad SMARTS) is 1. The topological polar surface area (TPSA) is 105 Å². The number of fused-ring (bicyclic) bond motifs is 3. The summed E-state index contributed by atoms with van der Waals surface area (Å²) >= 11 is 0. The monoisotopic (exact) mass is 476 g/mol. The maximum absolute atomic E-state index is 12.9. The molecular weight excluding hydrogens is 444 g/mol. The Morgan fingerprint density at radius 2 is 1.54 bits per heavy atom. The molecule has 0 radical (unpaired) electrons. The first kappa shape index (κ1) is 23.4. The van der Waals surface area contributed by atoms with Crippen molar-refractivity contribution in [3.63, 3.8) is 0 Å². The quantitative estimate of drug-likeness (QED) is 0.517. The van der Waals surface area contributed by atoms with E-state index in [1.807, 2.05) is 24.3 Å². The van der Waals surface area contributed by atoms with Crippen molar-refractivity contribution >= 4 is 18.0 Å². The molecule has 2 fully saturated rings. The van der Waals surface area contributed by atoms with E-state index in [1.54, 1.807) is 0 Å². The van der Waals surface area contributed by atoms with Crippen LogP contribution in [-0.4, -0.2) is 42.3 Å². The Labute approximate surface area is 205 Å². The van der Waals surface area contributed by atoms with Crippen LogP contribution in [-0.2, 0) is 14.3 Å². The van der Waals surface area contributed by atoms with Gasteiger partial charge < -0.3 is 20.5 Å². The summed E-state index contributed by atoms with van der Waals surface area (Å²) in [5, 5.41) is 15.0. The van der Waals surface area contributed by atoms with Gasteiger partial charge >= 0.3 is 12.1 Å². The number of ether oxygens (including phenoxy) is 1. The number of carbonyl (C=O) groups excluding carboxylic acids is 2. The zero-order valence-corrected chi connectivity index (χ0v) is 19.7. The molecule has 4 unspecified atom stereocenters. The summed E-state index contributed by atoms with van der Waals surface area (Å²) < 4.78 is 5.71. The van der Waals surface area contributed by atoms with E-state index in [1.165, 1.54) is 11.1 Å². The number of carbonyl (C=O) groups is 3. The zero-order chi connectivity index (χ0) is 24.4. The third kappa shape index (κ3) is 5.04. The van der Waals surface area contributed by atoms with Crippen LogP contribution in [0.25, 0.3) is 11.1 Å². The number of benzene rings is 2. The average molecular weight is 477 g/mol. The van der Waals surface area contributed by atoms with Crippen molar-refractivity contribution < 1.29 is 24.2 Å². The molecule has 0 bridgehead atoms. The molecule has 3 N–H and O–H groups in total. The predicted molar refractivity (Wildman–Crippen MR) is 131 cm³/mol. The maximum atomic E-state index is 12.9. The Balaban J connectivity index is 1.19. The van der Waals surface area contributed by atoms with E-state index in [9.17, 15) is 14.4 Å². The molecule has 2 saturated carbocycles. The second-order valence-corrected chi connectivity index (χ2v) is 10.0. The first-order valence-electron chi connectivity index (χ1n) is 12.6. The number of rotatable bonds is 7. The van der Waals surface area contributed by atoms with Gasteiger partial charge in [0.1, 0.15) is 6.61 Å². The van der Waals surface area contributed by atoms with Crippen molar-refractivity contribution in [3.8, 4) is 11.1 Å². The van der Waals surface area contributed by atoms with Gasteiger partial charge in [-0.25, -0.2) is 4.79 Å². The molecular formula is C28H32N2O5. The largest absolute Gasteiger partial charge is 0.481 e. The van der Waals surface area contributed by atoms with Gasteiger partial charge in [0.15, 0.2) is 0 Å². The number of nitrogens with one attached hydrogen (secondary N) is 2. The van der Waals surface area contributed by atoms with Crippen LogP contribution >= 0.6 is 0 Å². The SMILES string of the molecule is O=C(NC1CCCCCC1C(=O)NCC1CC1C(=O)O)OCC1c2ccccc2-c2ccccc21. The molecule has 2 aromatic carbocycles. The van der Waals surface area contributed by atoms with Gasteiger partial charge in [-0.1, -0.05) is 67.8 Å². The third-order valence-corrected chi connectivity index (χ3v) is 7.78. The van der Waals surface area contributed by atoms with Crippen molar-refractivity contribution in [1.29, 1.82) is 0 Å². The Kier molecular flexibility index (Phi) is 6.75. The second-order valence-electron chi connectivity index (χ2n) is 10.0. The van der Waals surface area contributed by atoms with Gasteiger partial charge in [-0.3, -0.25) is 9.59 Å². The minimum atomic E-state index is -0.798. The number of hydrogen-bond acceptors (Lipinski definition) is 4. The molecule has 7 heteroatoms. The summed E-state index contributed by atoms with van der Waals surface area (Å²) in [5.41, 5.74) is 4.68. The maximum Gasteiger partial charge on any atom is 0.407 e. The van der Waals surface area contributed by atoms with Crippen LogP contribution in [0.3, 0.4) is 0 Å².